The van der Waals surface area contributed by atoms with Crippen molar-refractivity contribution < 1.29 is 8.42 Å². The van der Waals surface area contributed by atoms with Crippen molar-refractivity contribution in [3.63, 3.8) is 0 Å². The first-order chi connectivity index (χ1) is 14.9. The second-order valence-electron chi connectivity index (χ2n) is 8.24. The van der Waals surface area contributed by atoms with Crippen LogP contribution in [-0.2, 0) is 29.4 Å². The molecule has 1 aliphatic heterocycles. The van der Waals surface area contributed by atoms with Crippen molar-refractivity contribution in [3.05, 3.63) is 56.4 Å². The van der Waals surface area contributed by atoms with E-state index in [-0.39, 0.29) is 5.56 Å². The smallest absolute Gasteiger partial charge is 0.275 e. The third-order valence-corrected chi connectivity index (χ3v) is 8.85. The second-order valence-corrected chi connectivity index (χ2v) is 11.2. The van der Waals surface area contributed by atoms with E-state index >= 15 is 0 Å². The fourth-order valence-electron chi connectivity index (χ4n) is 4.36. The third-order valence-electron chi connectivity index (χ3n) is 6.06. The first-order valence-corrected chi connectivity index (χ1v) is 12.9. The molecule has 1 aromatic carbocycles. The van der Waals surface area contributed by atoms with Gasteiger partial charge in [-0.25, -0.2) is 13.4 Å². The van der Waals surface area contributed by atoms with Crippen LogP contribution in [0.2, 0.25) is 0 Å². The highest BCUT2D eigenvalue weighted by molar-refractivity contribution is 7.89. The average Bonchev–Trinajstić information content (AvgIpc) is 3.16. The summed E-state index contributed by atoms with van der Waals surface area (Å²) in [6.07, 6.45) is 4.32. The molecule has 0 spiro atoms. The van der Waals surface area contributed by atoms with E-state index in [4.69, 9.17) is 0 Å². The Hall–Kier alpha value is -2.14. The summed E-state index contributed by atoms with van der Waals surface area (Å²) in [6, 6.07) is 7.10. The third kappa shape index (κ3) is 4.05. The van der Waals surface area contributed by atoms with Gasteiger partial charge in [-0.3, -0.25) is 9.69 Å². The molecule has 2 aromatic heterocycles. The molecule has 0 N–H and O–H groups in total. The van der Waals surface area contributed by atoms with Crippen molar-refractivity contribution in [3.8, 4) is 0 Å². The van der Waals surface area contributed by atoms with Crippen molar-refractivity contribution in [1.82, 2.24) is 23.8 Å². The Morgan fingerprint density at radius 1 is 1.03 bits per heavy atom. The SMILES string of the molecule is Cc1cc(=O)n2nc(CN3CCN(S(=O)(=O)c4ccc5c(c4)CCCC5)CC3)sc2n1. The number of fused-ring (bicyclic) bond motifs is 2. The van der Waals surface area contributed by atoms with Crippen LogP contribution in [0.3, 0.4) is 0 Å². The van der Waals surface area contributed by atoms with Gasteiger partial charge in [0, 0.05) is 37.9 Å². The van der Waals surface area contributed by atoms with Crippen molar-refractivity contribution in [2.24, 2.45) is 0 Å². The summed E-state index contributed by atoms with van der Waals surface area (Å²) in [6.45, 7) is 4.52. The van der Waals surface area contributed by atoms with Crippen molar-refractivity contribution >= 4 is 26.3 Å². The van der Waals surface area contributed by atoms with Gasteiger partial charge >= 0.3 is 0 Å². The Morgan fingerprint density at radius 3 is 2.55 bits per heavy atom. The van der Waals surface area contributed by atoms with Crippen LogP contribution in [0.1, 0.15) is 34.7 Å². The number of nitrogens with zero attached hydrogens (tertiary/aromatic N) is 5. The van der Waals surface area contributed by atoms with Gasteiger partial charge in [-0.2, -0.15) is 13.9 Å². The lowest BCUT2D eigenvalue weighted by Gasteiger charge is -2.33. The lowest BCUT2D eigenvalue weighted by Crippen LogP contribution is -2.48. The van der Waals surface area contributed by atoms with E-state index in [1.54, 1.807) is 17.3 Å². The topological polar surface area (TPSA) is 87.9 Å². The number of piperazine rings is 1. The molecular formula is C21H25N5O3S2. The van der Waals surface area contributed by atoms with Gasteiger partial charge in [-0.1, -0.05) is 17.4 Å². The Morgan fingerprint density at radius 2 is 1.77 bits per heavy atom. The van der Waals surface area contributed by atoms with Gasteiger partial charge in [0.15, 0.2) is 0 Å². The number of hydrogen-bond donors (Lipinski definition) is 0. The van der Waals surface area contributed by atoms with Crippen LogP contribution in [0.5, 0.6) is 0 Å². The van der Waals surface area contributed by atoms with Crippen LogP contribution in [0.15, 0.2) is 34.0 Å². The second kappa shape index (κ2) is 8.09. The minimum absolute atomic E-state index is 0.175. The Kier molecular flexibility index (Phi) is 5.41. The van der Waals surface area contributed by atoms with E-state index in [1.807, 2.05) is 12.1 Å². The van der Waals surface area contributed by atoms with Crippen molar-refractivity contribution in [2.75, 3.05) is 26.2 Å². The highest BCUT2D eigenvalue weighted by Crippen LogP contribution is 2.26. The van der Waals surface area contributed by atoms with Crippen LogP contribution in [0, 0.1) is 6.92 Å². The van der Waals surface area contributed by atoms with E-state index in [2.05, 4.69) is 15.0 Å². The monoisotopic (exact) mass is 459 g/mol. The maximum atomic E-state index is 13.2. The van der Waals surface area contributed by atoms with Crippen LogP contribution in [-0.4, -0.2) is 58.4 Å². The molecule has 5 rings (SSSR count). The summed E-state index contributed by atoms with van der Waals surface area (Å²) in [5, 5.41) is 5.20. The number of hydrogen-bond acceptors (Lipinski definition) is 7. The Labute approximate surface area is 185 Å². The minimum atomic E-state index is -3.48. The molecule has 2 aliphatic rings. The summed E-state index contributed by atoms with van der Waals surface area (Å²) < 4.78 is 29.3. The molecule has 1 aliphatic carbocycles. The molecule has 0 atom stereocenters. The van der Waals surface area contributed by atoms with Gasteiger partial charge in [-0.05, 0) is 55.9 Å². The zero-order valence-corrected chi connectivity index (χ0v) is 19.1. The van der Waals surface area contributed by atoms with Crippen molar-refractivity contribution in [2.45, 2.75) is 44.0 Å². The highest BCUT2D eigenvalue weighted by atomic mass is 32.2. The van der Waals surface area contributed by atoms with E-state index < -0.39 is 10.0 Å². The molecule has 8 nitrogen and oxygen atoms in total. The molecule has 3 aromatic rings. The molecule has 0 unspecified atom stereocenters. The molecular weight excluding hydrogens is 434 g/mol. The summed E-state index contributed by atoms with van der Waals surface area (Å²) in [4.78, 5) is 19.6. The maximum Gasteiger partial charge on any atom is 0.275 e. The zero-order valence-electron chi connectivity index (χ0n) is 17.5. The van der Waals surface area contributed by atoms with Crippen LogP contribution >= 0.6 is 11.3 Å². The largest absolute Gasteiger partial charge is 0.294 e. The van der Waals surface area contributed by atoms with Gasteiger partial charge in [0.25, 0.3) is 5.56 Å². The molecule has 1 saturated heterocycles. The molecule has 0 radical (unpaired) electrons. The van der Waals surface area contributed by atoms with Gasteiger partial charge in [0.2, 0.25) is 15.0 Å². The van der Waals surface area contributed by atoms with E-state index in [0.717, 1.165) is 24.3 Å². The molecule has 1 fully saturated rings. The highest BCUT2D eigenvalue weighted by Gasteiger charge is 2.29. The van der Waals surface area contributed by atoms with Crippen LogP contribution < -0.4 is 5.56 Å². The summed E-state index contributed by atoms with van der Waals surface area (Å²) in [5.74, 6) is 0. The lowest BCUT2D eigenvalue weighted by molar-refractivity contribution is 0.181. The number of aromatic nitrogens is 3. The number of benzene rings is 1. The zero-order chi connectivity index (χ0) is 21.6. The molecule has 0 bridgehead atoms. The Balaban J connectivity index is 1.27. The summed E-state index contributed by atoms with van der Waals surface area (Å²) in [7, 11) is -3.48. The van der Waals surface area contributed by atoms with Crippen LogP contribution in [0.4, 0.5) is 0 Å². The maximum absolute atomic E-state index is 13.2. The van der Waals surface area contributed by atoms with E-state index in [1.165, 1.54) is 39.5 Å². The van der Waals surface area contributed by atoms with Gasteiger partial charge in [0.05, 0.1) is 11.4 Å². The first-order valence-electron chi connectivity index (χ1n) is 10.6. The predicted molar refractivity (Wildman–Crippen MR) is 119 cm³/mol. The lowest BCUT2D eigenvalue weighted by atomic mass is 9.92. The summed E-state index contributed by atoms with van der Waals surface area (Å²) >= 11 is 1.40. The summed E-state index contributed by atoms with van der Waals surface area (Å²) in [5.41, 5.74) is 2.97. The molecule has 10 heteroatoms. The first kappa shape index (κ1) is 20.7. The normalized spacial score (nSPS) is 18.4. The molecule has 0 saturated carbocycles. The quantitative estimate of drug-likeness (QED) is 0.592. The van der Waals surface area contributed by atoms with Crippen molar-refractivity contribution in [1.29, 1.82) is 0 Å². The Bertz CT molecular complexity index is 1290. The molecule has 0 amide bonds. The van der Waals surface area contributed by atoms with Gasteiger partial charge in [0.1, 0.15) is 5.01 Å². The number of sulfonamides is 1. The average molecular weight is 460 g/mol. The van der Waals surface area contributed by atoms with Gasteiger partial charge in [-0.15, -0.1) is 0 Å². The number of rotatable bonds is 4. The molecule has 31 heavy (non-hydrogen) atoms. The van der Waals surface area contributed by atoms with Crippen LogP contribution in [0.25, 0.3) is 4.96 Å². The molecule has 3 heterocycles. The predicted octanol–water partition coefficient (Wildman–Crippen LogP) is 1.84. The minimum Gasteiger partial charge on any atom is -0.294 e. The van der Waals surface area contributed by atoms with Gasteiger partial charge < -0.3 is 0 Å². The standard InChI is InChI=1S/C21H25N5O3S2/c1-15-12-20(27)26-21(22-15)30-19(23-26)14-24-8-10-25(11-9-24)31(28,29)18-7-6-16-4-2-3-5-17(16)13-18/h6-7,12-13H,2-5,8-11,14H2,1H3. The van der Waals surface area contributed by atoms with E-state index in [9.17, 15) is 13.2 Å². The fourth-order valence-corrected chi connectivity index (χ4v) is 6.82. The molecule has 164 valence electrons. The number of aryl methyl sites for hydroxylation is 3. The fraction of sp³-hybridized carbons (Fsp3) is 0.476. The van der Waals surface area contributed by atoms with E-state index in [0.29, 0.717) is 48.3 Å².